The van der Waals surface area contributed by atoms with Gasteiger partial charge < -0.3 is 10.2 Å². The SMILES string of the molecule is Cc1ccc(N(CC(=O)N(Cc2ccc(Br)cc2)[C@H](C)C(=O)NCC(C)C)S(=O)(=O)c2ccc(F)cc2)cc1. The average Bonchev–Trinajstić information content (AvgIpc) is 2.90. The van der Waals surface area contributed by atoms with Gasteiger partial charge in [0.15, 0.2) is 0 Å². The first-order chi connectivity index (χ1) is 18.4. The van der Waals surface area contributed by atoms with Gasteiger partial charge in [-0.15, -0.1) is 0 Å². The van der Waals surface area contributed by atoms with E-state index in [1.165, 1.54) is 4.90 Å². The van der Waals surface area contributed by atoms with Crippen LogP contribution in [0.4, 0.5) is 10.1 Å². The van der Waals surface area contributed by atoms with E-state index in [-0.39, 0.29) is 29.0 Å². The van der Waals surface area contributed by atoms with Gasteiger partial charge in [-0.25, -0.2) is 12.8 Å². The van der Waals surface area contributed by atoms with Crippen LogP contribution in [0.25, 0.3) is 0 Å². The van der Waals surface area contributed by atoms with Crippen LogP contribution in [0.1, 0.15) is 31.9 Å². The van der Waals surface area contributed by atoms with Gasteiger partial charge in [0.2, 0.25) is 11.8 Å². The van der Waals surface area contributed by atoms with Crippen LogP contribution in [0.3, 0.4) is 0 Å². The molecule has 7 nitrogen and oxygen atoms in total. The van der Waals surface area contributed by atoms with E-state index in [1.807, 2.05) is 45.0 Å². The topological polar surface area (TPSA) is 86.8 Å². The number of hydrogen-bond donors (Lipinski definition) is 1. The Hall–Kier alpha value is -3.24. The number of halogens is 2. The lowest BCUT2D eigenvalue weighted by molar-refractivity contribution is -0.139. The maximum Gasteiger partial charge on any atom is 0.264 e. The third kappa shape index (κ3) is 8.12. The van der Waals surface area contributed by atoms with Crippen LogP contribution in [0.15, 0.2) is 82.2 Å². The third-order valence-corrected chi connectivity index (χ3v) is 8.44. The number of anilines is 1. The largest absolute Gasteiger partial charge is 0.354 e. The van der Waals surface area contributed by atoms with E-state index >= 15 is 0 Å². The van der Waals surface area contributed by atoms with Crippen LogP contribution in [0, 0.1) is 18.7 Å². The van der Waals surface area contributed by atoms with Gasteiger partial charge in [-0.1, -0.05) is 59.6 Å². The summed E-state index contributed by atoms with van der Waals surface area (Å²) in [5.74, 6) is -1.25. The van der Waals surface area contributed by atoms with E-state index < -0.39 is 34.3 Å². The molecule has 3 aromatic carbocycles. The van der Waals surface area contributed by atoms with Gasteiger partial charge in [0, 0.05) is 17.6 Å². The molecule has 0 aromatic heterocycles. The maximum absolute atomic E-state index is 13.9. The fourth-order valence-electron chi connectivity index (χ4n) is 3.80. The summed E-state index contributed by atoms with van der Waals surface area (Å²) in [6.45, 7) is 7.41. The van der Waals surface area contributed by atoms with Gasteiger partial charge >= 0.3 is 0 Å². The predicted molar refractivity (Wildman–Crippen MR) is 154 cm³/mol. The summed E-state index contributed by atoms with van der Waals surface area (Å²) < 4.78 is 42.8. The lowest BCUT2D eigenvalue weighted by Crippen LogP contribution is -2.51. The van der Waals surface area contributed by atoms with Crippen molar-refractivity contribution in [2.75, 3.05) is 17.4 Å². The number of nitrogens with zero attached hydrogens (tertiary/aromatic N) is 2. The fraction of sp³-hybridized carbons (Fsp3) is 0.310. The summed E-state index contributed by atoms with van der Waals surface area (Å²) in [6.07, 6.45) is 0. The average molecular weight is 619 g/mol. The summed E-state index contributed by atoms with van der Waals surface area (Å²) >= 11 is 3.40. The molecule has 208 valence electrons. The van der Waals surface area contributed by atoms with E-state index in [2.05, 4.69) is 21.2 Å². The Morgan fingerprint density at radius 2 is 1.51 bits per heavy atom. The van der Waals surface area contributed by atoms with E-state index in [1.54, 1.807) is 31.2 Å². The quantitative estimate of drug-likeness (QED) is 0.317. The van der Waals surface area contributed by atoms with Crippen molar-refractivity contribution in [3.05, 3.63) is 94.2 Å². The molecule has 39 heavy (non-hydrogen) atoms. The van der Waals surface area contributed by atoms with E-state index in [9.17, 15) is 22.4 Å². The van der Waals surface area contributed by atoms with Crippen molar-refractivity contribution < 1.29 is 22.4 Å². The highest BCUT2D eigenvalue weighted by Gasteiger charge is 2.32. The molecule has 0 saturated heterocycles. The lowest BCUT2D eigenvalue weighted by Gasteiger charge is -2.32. The zero-order valence-corrected chi connectivity index (χ0v) is 24.8. The van der Waals surface area contributed by atoms with Crippen molar-refractivity contribution in [2.24, 2.45) is 5.92 Å². The normalized spacial score (nSPS) is 12.2. The Labute approximate surface area is 238 Å². The minimum atomic E-state index is -4.25. The first-order valence-electron chi connectivity index (χ1n) is 12.5. The predicted octanol–water partition coefficient (Wildman–Crippen LogP) is 5.28. The zero-order chi connectivity index (χ0) is 28.7. The smallest absolute Gasteiger partial charge is 0.264 e. The van der Waals surface area contributed by atoms with Crippen molar-refractivity contribution in [1.29, 1.82) is 0 Å². The first kappa shape index (κ1) is 30.3. The molecule has 0 aliphatic rings. The maximum atomic E-state index is 13.9. The second-order valence-electron chi connectivity index (χ2n) is 9.76. The molecule has 0 bridgehead atoms. The molecule has 2 amide bonds. The number of rotatable bonds is 11. The van der Waals surface area contributed by atoms with Gasteiger partial charge in [0.05, 0.1) is 10.6 Å². The van der Waals surface area contributed by atoms with Crippen molar-refractivity contribution in [3.8, 4) is 0 Å². The molecular weight excluding hydrogens is 585 g/mol. The van der Waals surface area contributed by atoms with Crippen LogP contribution in [0.5, 0.6) is 0 Å². The Morgan fingerprint density at radius 3 is 2.08 bits per heavy atom. The third-order valence-electron chi connectivity index (χ3n) is 6.12. The van der Waals surface area contributed by atoms with Crippen molar-refractivity contribution >= 4 is 43.5 Å². The second-order valence-corrected chi connectivity index (χ2v) is 12.5. The van der Waals surface area contributed by atoms with Gasteiger partial charge in [-0.3, -0.25) is 13.9 Å². The molecule has 0 fully saturated rings. The number of nitrogens with one attached hydrogen (secondary N) is 1. The first-order valence-corrected chi connectivity index (χ1v) is 14.8. The Kier molecular flexibility index (Phi) is 10.3. The number of carbonyl (C=O) groups excluding carboxylic acids is 2. The number of sulfonamides is 1. The molecular formula is C29H33BrFN3O4S. The number of carbonyl (C=O) groups is 2. The molecule has 3 aromatic rings. The number of benzene rings is 3. The Bertz CT molecular complexity index is 1380. The molecule has 0 saturated carbocycles. The van der Waals surface area contributed by atoms with Crippen molar-refractivity contribution in [1.82, 2.24) is 10.2 Å². The molecule has 0 heterocycles. The van der Waals surface area contributed by atoms with Crippen molar-refractivity contribution in [3.63, 3.8) is 0 Å². The van der Waals surface area contributed by atoms with Gasteiger partial charge in [-0.05, 0) is 73.9 Å². The summed E-state index contributed by atoms with van der Waals surface area (Å²) in [6, 6.07) is 17.6. The molecule has 0 aliphatic heterocycles. The zero-order valence-electron chi connectivity index (χ0n) is 22.4. The van der Waals surface area contributed by atoms with Crippen LogP contribution in [-0.2, 0) is 26.2 Å². The van der Waals surface area contributed by atoms with Crippen LogP contribution in [0.2, 0.25) is 0 Å². The van der Waals surface area contributed by atoms with Gasteiger partial charge in [-0.2, -0.15) is 0 Å². The number of hydrogen-bond acceptors (Lipinski definition) is 4. The minimum Gasteiger partial charge on any atom is -0.354 e. The van der Waals surface area contributed by atoms with E-state index in [4.69, 9.17) is 0 Å². The summed E-state index contributed by atoms with van der Waals surface area (Å²) in [5.41, 5.74) is 1.97. The van der Waals surface area contributed by atoms with E-state index in [0.717, 1.165) is 44.2 Å². The van der Waals surface area contributed by atoms with Crippen LogP contribution < -0.4 is 9.62 Å². The highest BCUT2D eigenvalue weighted by Crippen LogP contribution is 2.25. The molecule has 1 atom stereocenters. The molecule has 3 rings (SSSR count). The monoisotopic (exact) mass is 617 g/mol. The highest BCUT2D eigenvalue weighted by atomic mass is 79.9. The molecule has 1 N–H and O–H groups in total. The molecule has 0 spiro atoms. The Balaban J connectivity index is 2.00. The van der Waals surface area contributed by atoms with Crippen LogP contribution >= 0.6 is 15.9 Å². The van der Waals surface area contributed by atoms with Crippen molar-refractivity contribution in [2.45, 2.75) is 45.2 Å². The standard InChI is InChI=1S/C29H33BrFN3O4S/c1-20(2)17-32-29(36)22(4)33(18-23-7-9-24(30)10-8-23)28(35)19-34(26-13-5-21(3)6-14-26)39(37,38)27-15-11-25(31)12-16-27/h5-16,20,22H,17-19H2,1-4H3,(H,32,36)/t22-/m1/s1. The van der Waals surface area contributed by atoms with E-state index in [0.29, 0.717) is 6.54 Å². The fourth-order valence-corrected chi connectivity index (χ4v) is 5.47. The highest BCUT2D eigenvalue weighted by molar-refractivity contribution is 9.10. The van der Waals surface area contributed by atoms with Crippen LogP contribution in [-0.4, -0.2) is 44.3 Å². The Morgan fingerprint density at radius 1 is 0.923 bits per heavy atom. The number of aryl methyl sites for hydroxylation is 1. The minimum absolute atomic E-state index is 0.0979. The number of amides is 2. The summed E-state index contributed by atoms with van der Waals surface area (Å²) in [4.78, 5) is 28.1. The molecule has 0 unspecified atom stereocenters. The molecule has 0 aliphatic carbocycles. The summed E-state index contributed by atoms with van der Waals surface area (Å²) in [7, 11) is -4.25. The second kappa shape index (κ2) is 13.2. The lowest BCUT2D eigenvalue weighted by atomic mass is 10.1. The van der Waals surface area contributed by atoms with Gasteiger partial charge in [0.1, 0.15) is 18.4 Å². The molecule has 10 heteroatoms. The summed E-state index contributed by atoms with van der Waals surface area (Å²) in [5, 5.41) is 2.86. The molecule has 0 radical (unpaired) electrons. The van der Waals surface area contributed by atoms with Gasteiger partial charge in [0.25, 0.3) is 10.0 Å².